The highest BCUT2D eigenvalue weighted by molar-refractivity contribution is 7.18. The molecule has 0 radical (unpaired) electrons. The molecule has 0 unspecified atom stereocenters. The molecule has 0 aliphatic heterocycles. The molecule has 6 nitrogen and oxygen atoms in total. The Balaban J connectivity index is 0.00000264. The van der Waals surface area contributed by atoms with Crippen molar-refractivity contribution in [2.24, 2.45) is 0 Å². The summed E-state index contributed by atoms with van der Waals surface area (Å²) in [5.41, 5.74) is 0.969. The first kappa shape index (κ1) is 22.7. The highest BCUT2D eigenvalue weighted by Gasteiger charge is 2.10. The van der Waals surface area contributed by atoms with Crippen LogP contribution in [0.1, 0.15) is 6.42 Å². The van der Waals surface area contributed by atoms with Gasteiger partial charge in [0, 0.05) is 12.1 Å². The largest absolute Gasteiger partial charge is 0.493 e. The standard InChI is InChI=1S/C15H22N4O2S.2ClH/c1-19(2)9-5-8-16-15-18-17-14(22-15)11-6-7-12(20-3)13(10-11)21-4;;/h6-7,10H,5,8-9H2,1-4H3,(H,16,18);2*1H. The van der Waals surface area contributed by atoms with Crippen LogP contribution in [0.25, 0.3) is 10.6 Å². The number of methoxy groups -OCH3 is 2. The van der Waals surface area contributed by atoms with Gasteiger partial charge >= 0.3 is 0 Å². The number of aromatic nitrogens is 2. The van der Waals surface area contributed by atoms with Crippen LogP contribution in [0.15, 0.2) is 18.2 Å². The van der Waals surface area contributed by atoms with Gasteiger partial charge in [-0.05, 0) is 45.3 Å². The molecule has 1 heterocycles. The van der Waals surface area contributed by atoms with Crippen molar-refractivity contribution in [1.82, 2.24) is 15.1 Å². The van der Waals surface area contributed by atoms with Crippen LogP contribution in [0.4, 0.5) is 5.13 Å². The molecule has 0 saturated heterocycles. The number of anilines is 1. The Morgan fingerprint density at radius 3 is 2.42 bits per heavy atom. The van der Waals surface area contributed by atoms with Crippen molar-refractivity contribution in [3.8, 4) is 22.1 Å². The summed E-state index contributed by atoms with van der Waals surface area (Å²) in [5.74, 6) is 1.40. The lowest BCUT2D eigenvalue weighted by molar-refractivity contribution is 0.355. The minimum absolute atomic E-state index is 0. The van der Waals surface area contributed by atoms with Gasteiger partial charge in [-0.3, -0.25) is 0 Å². The Kier molecular flexibility index (Phi) is 10.7. The Morgan fingerprint density at radius 1 is 1.08 bits per heavy atom. The molecule has 24 heavy (non-hydrogen) atoms. The molecule has 0 bridgehead atoms. The average Bonchev–Trinajstić information content (AvgIpc) is 2.99. The van der Waals surface area contributed by atoms with Gasteiger partial charge in [0.25, 0.3) is 0 Å². The van der Waals surface area contributed by atoms with E-state index < -0.39 is 0 Å². The van der Waals surface area contributed by atoms with E-state index in [0.29, 0.717) is 11.5 Å². The topological polar surface area (TPSA) is 59.5 Å². The van der Waals surface area contributed by atoms with E-state index in [1.54, 1.807) is 14.2 Å². The van der Waals surface area contributed by atoms with Crippen LogP contribution in [0.3, 0.4) is 0 Å². The molecule has 9 heteroatoms. The molecule has 2 aromatic rings. The maximum Gasteiger partial charge on any atom is 0.206 e. The van der Waals surface area contributed by atoms with Crippen LogP contribution < -0.4 is 14.8 Å². The zero-order valence-corrected chi connectivity index (χ0v) is 16.7. The molecule has 2 rings (SSSR count). The predicted molar refractivity (Wildman–Crippen MR) is 105 cm³/mol. The molecule has 1 aromatic heterocycles. The summed E-state index contributed by atoms with van der Waals surface area (Å²) in [4.78, 5) is 2.16. The number of halogens is 2. The van der Waals surface area contributed by atoms with Gasteiger partial charge in [-0.25, -0.2) is 0 Å². The van der Waals surface area contributed by atoms with Crippen LogP contribution in [-0.2, 0) is 0 Å². The second-order valence-corrected chi connectivity index (χ2v) is 6.04. The number of hydrogen-bond acceptors (Lipinski definition) is 7. The number of nitrogens with one attached hydrogen (secondary N) is 1. The molecule has 0 atom stereocenters. The molecule has 0 spiro atoms. The van der Waals surface area contributed by atoms with Gasteiger partial charge in [0.05, 0.1) is 14.2 Å². The maximum atomic E-state index is 5.32. The Labute approximate surface area is 159 Å². The van der Waals surface area contributed by atoms with E-state index in [9.17, 15) is 0 Å². The van der Waals surface area contributed by atoms with E-state index in [1.807, 2.05) is 18.2 Å². The first-order chi connectivity index (χ1) is 10.6. The van der Waals surface area contributed by atoms with Gasteiger partial charge in [0.2, 0.25) is 5.13 Å². The number of benzene rings is 1. The third-order valence-electron chi connectivity index (χ3n) is 3.11. The summed E-state index contributed by atoms with van der Waals surface area (Å²) in [6.07, 6.45) is 1.07. The summed E-state index contributed by atoms with van der Waals surface area (Å²) < 4.78 is 10.6. The van der Waals surface area contributed by atoms with Crippen molar-refractivity contribution in [2.45, 2.75) is 6.42 Å². The second kappa shape index (κ2) is 11.3. The van der Waals surface area contributed by atoms with E-state index in [2.05, 4.69) is 34.5 Å². The molecule has 1 N–H and O–H groups in total. The van der Waals surface area contributed by atoms with Crippen molar-refractivity contribution in [1.29, 1.82) is 0 Å². The fourth-order valence-electron chi connectivity index (χ4n) is 1.97. The van der Waals surface area contributed by atoms with Crippen molar-refractivity contribution in [2.75, 3.05) is 46.7 Å². The zero-order valence-electron chi connectivity index (χ0n) is 14.2. The molecule has 0 amide bonds. The van der Waals surface area contributed by atoms with E-state index in [4.69, 9.17) is 9.47 Å². The van der Waals surface area contributed by atoms with E-state index in [-0.39, 0.29) is 24.8 Å². The van der Waals surface area contributed by atoms with E-state index in [0.717, 1.165) is 35.2 Å². The molecule has 0 saturated carbocycles. The van der Waals surface area contributed by atoms with Gasteiger partial charge < -0.3 is 19.7 Å². The van der Waals surface area contributed by atoms with Gasteiger partial charge in [0.15, 0.2) is 11.5 Å². The molecular weight excluding hydrogens is 371 g/mol. The third-order valence-corrected chi connectivity index (χ3v) is 4.04. The number of nitrogens with zero attached hydrogens (tertiary/aromatic N) is 3. The highest BCUT2D eigenvalue weighted by Crippen LogP contribution is 2.34. The zero-order chi connectivity index (χ0) is 15.9. The first-order valence-corrected chi connectivity index (χ1v) is 7.90. The average molecular weight is 395 g/mol. The summed E-state index contributed by atoms with van der Waals surface area (Å²) in [6.45, 7) is 1.94. The first-order valence-electron chi connectivity index (χ1n) is 7.08. The Hall–Kier alpha value is -1.28. The van der Waals surface area contributed by atoms with Gasteiger partial charge in [-0.1, -0.05) is 11.3 Å². The molecular formula is C15H24Cl2N4O2S. The number of hydrogen-bond donors (Lipinski definition) is 1. The smallest absolute Gasteiger partial charge is 0.206 e. The summed E-state index contributed by atoms with van der Waals surface area (Å²) >= 11 is 1.53. The SMILES string of the molecule is COc1ccc(-c2nnc(NCCCN(C)C)s2)cc1OC.Cl.Cl. The van der Waals surface area contributed by atoms with E-state index in [1.165, 1.54) is 11.3 Å². The number of ether oxygens (including phenoxy) is 2. The van der Waals surface area contributed by atoms with Crippen LogP contribution in [0.2, 0.25) is 0 Å². The fourth-order valence-corrected chi connectivity index (χ4v) is 2.74. The van der Waals surface area contributed by atoms with Crippen molar-refractivity contribution in [3.63, 3.8) is 0 Å². The predicted octanol–water partition coefficient (Wildman–Crippen LogP) is 3.43. The Morgan fingerprint density at radius 2 is 1.79 bits per heavy atom. The maximum absolute atomic E-state index is 5.32. The van der Waals surface area contributed by atoms with Crippen molar-refractivity contribution < 1.29 is 9.47 Å². The number of rotatable bonds is 8. The van der Waals surface area contributed by atoms with Gasteiger partial charge in [-0.15, -0.1) is 35.0 Å². The lowest BCUT2D eigenvalue weighted by atomic mass is 10.2. The van der Waals surface area contributed by atoms with Crippen LogP contribution in [-0.4, -0.2) is 56.5 Å². The van der Waals surface area contributed by atoms with Crippen molar-refractivity contribution >= 4 is 41.3 Å². The minimum Gasteiger partial charge on any atom is -0.493 e. The lowest BCUT2D eigenvalue weighted by Gasteiger charge is -2.08. The molecule has 1 aromatic carbocycles. The van der Waals surface area contributed by atoms with Crippen LogP contribution in [0.5, 0.6) is 11.5 Å². The molecule has 0 aliphatic carbocycles. The highest BCUT2D eigenvalue weighted by atomic mass is 35.5. The summed E-state index contributed by atoms with van der Waals surface area (Å²) in [5, 5.41) is 13.4. The third kappa shape index (κ3) is 6.32. The van der Waals surface area contributed by atoms with E-state index >= 15 is 0 Å². The Bertz CT molecular complexity index is 611. The summed E-state index contributed by atoms with van der Waals surface area (Å²) in [7, 11) is 7.39. The summed E-state index contributed by atoms with van der Waals surface area (Å²) in [6, 6.07) is 5.74. The van der Waals surface area contributed by atoms with Gasteiger partial charge in [0.1, 0.15) is 5.01 Å². The lowest BCUT2D eigenvalue weighted by Crippen LogP contribution is -2.16. The van der Waals surface area contributed by atoms with Crippen LogP contribution >= 0.6 is 36.2 Å². The molecule has 0 aliphatic rings. The quantitative estimate of drug-likeness (QED) is 0.692. The van der Waals surface area contributed by atoms with Crippen molar-refractivity contribution in [3.05, 3.63) is 18.2 Å². The van der Waals surface area contributed by atoms with Gasteiger partial charge in [-0.2, -0.15) is 0 Å². The molecule has 136 valence electrons. The minimum atomic E-state index is 0. The molecule has 0 fully saturated rings. The van der Waals surface area contributed by atoms with Crippen LogP contribution in [0, 0.1) is 0 Å². The monoisotopic (exact) mass is 394 g/mol. The normalized spacial score (nSPS) is 9.88. The fraction of sp³-hybridized carbons (Fsp3) is 0.467. The second-order valence-electron chi connectivity index (χ2n) is 5.07.